The second-order valence-electron chi connectivity index (χ2n) is 4.31. The first-order chi connectivity index (χ1) is 10.2. The fourth-order valence-electron chi connectivity index (χ4n) is 1.75. The maximum absolute atomic E-state index is 12.3. The summed E-state index contributed by atoms with van der Waals surface area (Å²) >= 11 is 10.6. The Labute approximate surface area is 133 Å². The number of hydrogen-bond donors (Lipinski definition) is 1. The molecule has 0 unspecified atom stereocenters. The van der Waals surface area contributed by atoms with Gasteiger partial charge in [-0.25, -0.2) is 0 Å². The molecule has 9 heteroatoms. The van der Waals surface area contributed by atoms with Gasteiger partial charge in [-0.2, -0.15) is 13.2 Å². The molecule has 0 bridgehead atoms. The number of carbonyl (C=O) groups is 2. The first-order valence-electron chi connectivity index (χ1n) is 5.91. The summed E-state index contributed by atoms with van der Waals surface area (Å²) in [5.41, 5.74) is -0.321. The molecule has 4 nitrogen and oxygen atoms in total. The van der Waals surface area contributed by atoms with Crippen LogP contribution in [0.4, 0.5) is 18.9 Å². The molecule has 1 fully saturated rings. The Hall–Kier alpha value is -1.93. The summed E-state index contributed by atoms with van der Waals surface area (Å²) in [6, 6.07) is 5.90. The van der Waals surface area contributed by atoms with Crippen molar-refractivity contribution in [1.29, 1.82) is 0 Å². The smallest absolute Gasteiger partial charge is 0.298 e. The van der Waals surface area contributed by atoms with E-state index >= 15 is 0 Å². The summed E-state index contributed by atoms with van der Waals surface area (Å²) < 4.78 is 36.8. The number of anilines is 1. The molecule has 1 aromatic carbocycles. The van der Waals surface area contributed by atoms with Crippen molar-refractivity contribution in [2.45, 2.75) is 12.6 Å². The van der Waals surface area contributed by atoms with Crippen molar-refractivity contribution in [3.05, 3.63) is 40.9 Å². The number of nitrogens with one attached hydrogen (secondary N) is 1. The minimum atomic E-state index is -4.52. The lowest BCUT2D eigenvalue weighted by atomic mass is 10.1. The molecule has 2 amide bonds. The second-order valence-corrected chi connectivity index (χ2v) is 5.14. The summed E-state index contributed by atoms with van der Waals surface area (Å²) in [6.45, 7) is 0. The van der Waals surface area contributed by atoms with Gasteiger partial charge in [0.05, 0.1) is 12.1 Å². The highest BCUT2D eigenvalue weighted by molar-refractivity contribution is 7.80. The fraction of sp³-hybridized carbons (Fsp3) is 0.154. The van der Waals surface area contributed by atoms with Gasteiger partial charge in [-0.3, -0.25) is 19.8 Å². The van der Waals surface area contributed by atoms with Crippen LogP contribution in [0.2, 0.25) is 5.02 Å². The van der Waals surface area contributed by atoms with Crippen molar-refractivity contribution in [2.75, 3.05) is 4.90 Å². The number of nitrogens with zero attached hydrogens (tertiary/aromatic N) is 1. The van der Waals surface area contributed by atoms with Crippen LogP contribution in [0.15, 0.2) is 35.9 Å². The Morgan fingerprint density at radius 2 is 1.82 bits per heavy atom. The van der Waals surface area contributed by atoms with E-state index in [0.717, 1.165) is 4.90 Å². The van der Waals surface area contributed by atoms with E-state index < -0.39 is 30.0 Å². The van der Waals surface area contributed by atoms with Gasteiger partial charge in [0.1, 0.15) is 5.57 Å². The third-order valence-electron chi connectivity index (χ3n) is 2.72. The van der Waals surface area contributed by atoms with E-state index in [9.17, 15) is 22.8 Å². The average molecular weight is 349 g/mol. The SMILES string of the molecule is O=C1NC(=S)N(c2ccc(Cl)cc2)C(=O)/C1=C\CC(F)(F)F. The number of thiocarbonyl (C=S) groups is 1. The standard InChI is InChI=1S/C13H8ClF3N2O2S/c14-7-1-3-8(4-2-7)19-11(21)9(5-6-13(15,16)17)10(20)18-12(19)22/h1-5H,6H2,(H,18,20,22)/b9-5-. The highest BCUT2D eigenvalue weighted by atomic mass is 35.5. The number of hydrogen-bond acceptors (Lipinski definition) is 3. The Morgan fingerprint density at radius 3 is 2.36 bits per heavy atom. The van der Waals surface area contributed by atoms with Gasteiger partial charge >= 0.3 is 6.18 Å². The van der Waals surface area contributed by atoms with Crippen LogP contribution in [0.1, 0.15) is 6.42 Å². The third-order valence-corrected chi connectivity index (χ3v) is 3.26. The van der Waals surface area contributed by atoms with Crippen molar-refractivity contribution in [1.82, 2.24) is 5.32 Å². The van der Waals surface area contributed by atoms with Crippen LogP contribution < -0.4 is 10.2 Å². The average Bonchev–Trinajstić information content (AvgIpc) is 2.39. The zero-order chi connectivity index (χ0) is 16.5. The van der Waals surface area contributed by atoms with E-state index in [1.54, 1.807) is 0 Å². The zero-order valence-electron chi connectivity index (χ0n) is 10.8. The van der Waals surface area contributed by atoms with Gasteiger partial charge in [0, 0.05) is 5.02 Å². The summed E-state index contributed by atoms with van der Waals surface area (Å²) in [7, 11) is 0. The van der Waals surface area contributed by atoms with E-state index in [1.165, 1.54) is 24.3 Å². The normalized spacial score (nSPS) is 17.9. The van der Waals surface area contributed by atoms with Crippen molar-refractivity contribution in [3.8, 4) is 0 Å². The summed E-state index contributed by atoms with van der Waals surface area (Å²) in [4.78, 5) is 24.9. The van der Waals surface area contributed by atoms with E-state index in [1.807, 2.05) is 0 Å². The predicted octanol–water partition coefficient (Wildman–Crippen LogP) is 2.97. The Kier molecular flexibility index (Phi) is 4.52. The van der Waals surface area contributed by atoms with Crippen LogP contribution in [-0.4, -0.2) is 23.1 Å². The van der Waals surface area contributed by atoms with Crippen LogP contribution in [0.25, 0.3) is 0 Å². The molecular weight excluding hydrogens is 341 g/mol. The minimum absolute atomic E-state index is 0.207. The lowest BCUT2D eigenvalue weighted by Crippen LogP contribution is -2.54. The van der Waals surface area contributed by atoms with Gasteiger partial charge in [-0.1, -0.05) is 17.7 Å². The highest BCUT2D eigenvalue weighted by Gasteiger charge is 2.36. The Morgan fingerprint density at radius 1 is 1.23 bits per heavy atom. The van der Waals surface area contributed by atoms with Gasteiger partial charge in [0.15, 0.2) is 5.11 Å². The molecule has 22 heavy (non-hydrogen) atoms. The third kappa shape index (κ3) is 3.63. The Balaban J connectivity index is 2.35. The van der Waals surface area contributed by atoms with E-state index in [4.69, 9.17) is 23.8 Å². The van der Waals surface area contributed by atoms with Crippen molar-refractivity contribution < 1.29 is 22.8 Å². The molecule has 1 aliphatic rings. The first kappa shape index (κ1) is 16.4. The molecule has 0 saturated carbocycles. The van der Waals surface area contributed by atoms with Crippen LogP contribution in [0.5, 0.6) is 0 Å². The molecule has 0 aromatic heterocycles. The predicted molar refractivity (Wildman–Crippen MR) is 78.4 cm³/mol. The lowest BCUT2D eigenvalue weighted by molar-refractivity contribution is -0.126. The first-order valence-corrected chi connectivity index (χ1v) is 6.70. The molecule has 1 heterocycles. The van der Waals surface area contributed by atoms with Crippen LogP contribution in [0.3, 0.4) is 0 Å². The topological polar surface area (TPSA) is 49.4 Å². The van der Waals surface area contributed by atoms with Crippen molar-refractivity contribution >= 4 is 46.4 Å². The van der Waals surface area contributed by atoms with Crippen molar-refractivity contribution in [3.63, 3.8) is 0 Å². The molecule has 0 aliphatic carbocycles. The van der Waals surface area contributed by atoms with Gasteiger partial charge < -0.3 is 0 Å². The van der Waals surface area contributed by atoms with Crippen LogP contribution in [-0.2, 0) is 9.59 Å². The number of alkyl halides is 3. The fourth-order valence-corrected chi connectivity index (χ4v) is 2.16. The maximum Gasteiger partial charge on any atom is 0.392 e. The quantitative estimate of drug-likeness (QED) is 0.508. The molecule has 1 saturated heterocycles. The van der Waals surface area contributed by atoms with Crippen molar-refractivity contribution in [2.24, 2.45) is 0 Å². The number of rotatable bonds is 2. The number of allylic oxidation sites excluding steroid dienone is 1. The van der Waals surface area contributed by atoms with E-state index in [2.05, 4.69) is 5.32 Å². The molecule has 1 aromatic rings. The molecule has 0 atom stereocenters. The van der Waals surface area contributed by atoms with Gasteiger partial charge in [-0.15, -0.1) is 0 Å². The summed E-state index contributed by atoms with van der Waals surface area (Å²) in [5.74, 6) is -1.87. The maximum atomic E-state index is 12.3. The summed E-state index contributed by atoms with van der Waals surface area (Å²) in [6.07, 6.45) is -5.36. The summed E-state index contributed by atoms with van der Waals surface area (Å²) in [5, 5.41) is 2.39. The zero-order valence-corrected chi connectivity index (χ0v) is 12.4. The molecule has 1 aliphatic heterocycles. The monoisotopic (exact) mass is 348 g/mol. The van der Waals surface area contributed by atoms with E-state index in [-0.39, 0.29) is 10.8 Å². The highest BCUT2D eigenvalue weighted by Crippen LogP contribution is 2.25. The molecular formula is C13H8ClF3N2O2S. The molecule has 0 radical (unpaired) electrons. The Bertz CT molecular complexity index is 671. The van der Waals surface area contributed by atoms with Gasteiger partial charge in [0.2, 0.25) is 0 Å². The number of halogens is 4. The number of carbonyl (C=O) groups excluding carboxylic acids is 2. The molecule has 2 rings (SSSR count). The van der Waals surface area contributed by atoms with Gasteiger partial charge in [0.25, 0.3) is 11.8 Å². The number of amides is 2. The number of benzene rings is 1. The van der Waals surface area contributed by atoms with Gasteiger partial charge in [-0.05, 0) is 36.5 Å². The minimum Gasteiger partial charge on any atom is -0.298 e. The largest absolute Gasteiger partial charge is 0.392 e. The van der Waals surface area contributed by atoms with Crippen LogP contribution >= 0.6 is 23.8 Å². The lowest BCUT2D eigenvalue weighted by Gasteiger charge is -2.29. The second kappa shape index (κ2) is 6.05. The van der Waals surface area contributed by atoms with E-state index in [0.29, 0.717) is 11.1 Å². The van der Waals surface area contributed by atoms with Crippen LogP contribution in [0, 0.1) is 0 Å². The molecule has 116 valence electrons. The molecule has 0 spiro atoms. The molecule has 1 N–H and O–H groups in total.